The van der Waals surface area contributed by atoms with Crippen LogP contribution in [0.4, 0.5) is 0 Å². The first-order chi connectivity index (χ1) is 3.43. The molecule has 0 spiro atoms. The van der Waals surface area contributed by atoms with Crippen molar-refractivity contribution < 1.29 is 9.47 Å². The molecule has 0 aliphatic carbocycles. The summed E-state index contributed by atoms with van der Waals surface area (Å²) in [5, 5.41) is 0. The van der Waals surface area contributed by atoms with E-state index in [0.717, 1.165) is 17.8 Å². The molecule has 1 aliphatic rings. The van der Waals surface area contributed by atoms with Crippen LogP contribution in [0.15, 0.2) is 0 Å². The van der Waals surface area contributed by atoms with E-state index >= 15 is 0 Å². The van der Waals surface area contributed by atoms with Crippen molar-refractivity contribution in [2.75, 3.05) is 17.8 Å². The number of epoxide rings is 1. The van der Waals surface area contributed by atoms with Crippen molar-refractivity contribution in [3.63, 3.8) is 0 Å². The summed E-state index contributed by atoms with van der Waals surface area (Å²) in [6.45, 7) is 1.68. The van der Waals surface area contributed by atoms with Crippen molar-refractivity contribution in [1.82, 2.24) is 0 Å². The smallest absolute Gasteiger partial charge is 0.104 e. The minimum absolute atomic E-state index is 0.426. The lowest BCUT2D eigenvalue weighted by Crippen LogP contribution is -1.97. The van der Waals surface area contributed by atoms with E-state index in [1.807, 2.05) is 0 Å². The lowest BCUT2D eigenvalue weighted by Gasteiger charge is -1.90. The Morgan fingerprint density at radius 3 is 3.00 bits per heavy atom. The zero-order valence-electron chi connectivity index (χ0n) is 3.89. The molecule has 7 heavy (non-hydrogen) atoms. The van der Waals surface area contributed by atoms with E-state index < -0.39 is 0 Å². The molecule has 0 aromatic heterocycles. The van der Waals surface area contributed by atoms with Gasteiger partial charge in [-0.25, -0.2) is 0 Å². The molecular formula is C4H7IO2. The average molecular weight is 214 g/mol. The fraction of sp³-hybridized carbons (Fsp3) is 1.00. The van der Waals surface area contributed by atoms with Crippen LogP contribution in [0.25, 0.3) is 0 Å². The van der Waals surface area contributed by atoms with Crippen molar-refractivity contribution in [1.29, 1.82) is 0 Å². The monoisotopic (exact) mass is 214 g/mol. The van der Waals surface area contributed by atoms with Crippen molar-refractivity contribution in [3.05, 3.63) is 0 Å². The number of halogens is 1. The first kappa shape index (κ1) is 5.78. The number of rotatable bonds is 3. The maximum atomic E-state index is 5.02. The molecule has 1 fully saturated rings. The molecule has 1 unspecified atom stereocenters. The maximum absolute atomic E-state index is 5.02. The molecule has 0 saturated carbocycles. The Balaban J connectivity index is 1.80. The van der Waals surface area contributed by atoms with Gasteiger partial charge in [-0.15, -0.1) is 0 Å². The summed E-state index contributed by atoms with van der Waals surface area (Å²) in [7, 11) is 0. The van der Waals surface area contributed by atoms with Gasteiger partial charge in [-0.1, -0.05) is 22.6 Å². The number of ether oxygens (including phenoxy) is 2. The highest BCUT2D eigenvalue weighted by Crippen LogP contribution is 2.08. The van der Waals surface area contributed by atoms with Crippen LogP contribution in [0.3, 0.4) is 0 Å². The van der Waals surface area contributed by atoms with Gasteiger partial charge in [-0.05, 0) is 0 Å². The standard InChI is InChI=1S/C4H7IO2/c5-3-6-1-4-2-7-4/h4H,1-3H2. The van der Waals surface area contributed by atoms with Crippen LogP contribution < -0.4 is 0 Å². The Kier molecular flexibility index (Phi) is 2.34. The Morgan fingerprint density at radius 1 is 1.86 bits per heavy atom. The first-order valence-corrected chi connectivity index (χ1v) is 3.71. The molecule has 1 heterocycles. The van der Waals surface area contributed by atoms with Crippen molar-refractivity contribution in [3.8, 4) is 0 Å². The predicted molar refractivity (Wildman–Crippen MR) is 34.6 cm³/mol. The molecular weight excluding hydrogens is 207 g/mol. The molecule has 0 N–H and O–H groups in total. The minimum Gasteiger partial charge on any atom is -0.371 e. The highest BCUT2D eigenvalue weighted by atomic mass is 127. The SMILES string of the molecule is ICOCC1CO1. The molecule has 0 aromatic carbocycles. The third-order valence-electron chi connectivity index (χ3n) is 0.783. The molecule has 0 bridgehead atoms. The van der Waals surface area contributed by atoms with Crippen LogP contribution in [0.1, 0.15) is 0 Å². The summed E-state index contributed by atoms with van der Waals surface area (Å²) in [6.07, 6.45) is 0.426. The van der Waals surface area contributed by atoms with Crippen LogP contribution in [0, 0.1) is 0 Å². The van der Waals surface area contributed by atoms with Gasteiger partial charge in [0.2, 0.25) is 0 Å². The van der Waals surface area contributed by atoms with Gasteiger partial charge >= 0.3 is 0 Å². The second-order valence-electron chi connectivity index (χ2n) is 1.44. The summed E-state index contributed by atoms with van der Waals surface area (Å²) in [5.41, 5.74) is 0. The zero-order valence-corrected chi connectivity index (χ0v) is 6.05. The quantitative estimate of drug-likeness (QED) is 0.393. The number of hydrogen-bond donors (Lipinski definition) is 0. The molecule has 0 amide bonds. The van der Waals surface area contributed by atoms with Gasteiger partial charge < -0.3 is 9.47 Å². The Labute approximate surface area is 56.3 Å². The highest BCUT2D eigenvalue weighted by molar-refractivity contribution is 14.1. The van der Waals surface area contributed by atoms with Crippen molar-refractivity contribution in [2.45, 2.75) is 6.10 Å². The molecule has 42 valence electrons. The van der Waals surface area contributed by atoms with Crippen LogP contribution in [-0.2, 0) is 9.47 Å². The molecule has 3 heteroatoms. The summed E-state index contributed by atoms with van der Waals surface area (Å²) >= 11 is 2.17. The fourth-order valence-electron chi connectivity index (χ4n) is 0.340. The van der Waals surface area contributed by atoms with Crippen LogP contribution in [-0.4, -0.2) is 23.9 Å². The first-order valence-electron chi connectivity index (χ1n) is 2.19. The number of hydrogen-bond acceptors (Lipinski definition) is 2. The minimum atomic E-state index is 0.426. The Bertz CT molecular complexity index is 53.7. The summed E-state index contributed by atoms with van der Waals surface area (Å²) in [4.78, 5) is 0. The van der Waals surface area contributed by atoms with E-state index in [1.54, 1.807) is 0 Å². The fourth-order valence-corrected chi connectivity index (χ4v) is 0.595. The molecule has 1 saturated heterocycles. The van der Waals surface area contributed by atoms with Crippen LogP contribution >= 0.6 is 22.6 Å². The lowest BCUT2D eigenvalue weighted by molar-refractivity contribution is 0.165. The highest BCUT2D eigenvalue weighted by Gasteiger charge is 2.21. The van der Waals surface area contributed by atoms with E-state index in [4.69, 9.17) is 9.47 Å². The topological polar surface area (TPSA) is 21.8 Å². The van der Waals surface area contributed by atoms with Crippen LogP contribution in [0.2, 0.25) is 0 Å². The molecule has 1 aliphatic heterocycles. The second-order valence-corrected chi connectivity index (χ2v) is 2.06. The van der Waals surface area contributed by atoms with Gasteiger partial charge in [-0.2, -0.15) is 0 Å². The molecule has 1 rings (SSSR count). The van der Waals surface area contributed by atoms with E-state index in [2.05, 4.69) is 22.6 Å². The van der Waals surface area contributed by atoms with E-state index in [1.165, 1.54) is 0 Å². The van der Waals surface area contributed by atoms with Gasteiger partial charge in [0.15, 0.2) is 0 Å². The molecule has 2 nitrogen and oxygen atoms in total. The second kappa shape index (κ2) is 2.84. The largest absolute Gasteiger partial charge is 0.371 e. The Hall–Kier alpha value is 0.650. The average Bonchev–Trinajstić information content (AvgIpc) is 2.42. The van der Waals surface area contributed by atoms with E-state index in [-0.39, 0.29) is 0 Å². The normalized spacial score (nSPS) is 27.9. The van der Waals surface area contributed by atoms with E-state index in [0.29, 0.717) is 6.10 Å². The van der Waals surface area contributed by atoms with Gasteiger partial charge in [0.1, 0.15) is 6.10 Å². The number of alkyl halides is 1. The van der Waals surface area contributed by atoms with Gasteiger partial charge in [0, 0.05) is 0 Å². The maximum Gasteiger partial charge on any atom is 0.104 e. The molecule has 1 atom stereocenters. The Morgan fingerprint density at radius 2 is 2.57 bits per heavy atom. The van der Waals surface area contributed by atoms with Crippen molar-refractivity contribution >= 4 is 22.6 Å². The summed E-state index contributed by atoms with van der Waals surface area (Å²) in [5.74, 6) is 0. The van der Waals surface area contributed by atoms with Crippen LogP contribution in [0.5, 0.6) is 0 Å². The summed E-state index contributed by atoms with van der Waals surface area (Å²) in [6, 6.07) is 0. The molecule has 0 radical (unpaired) electrons. The van der Waals surface area contributed by atoms with Gasteiger partial charge in [0.05, 0.1) is 17.8 Å². The predicted octanol–water partition coefficient (Wildman–Crippen LogP) is 0.794. The van der Waals surface area contributed by atoms with Crippen molar-refractivity contribution in [2.24, 2.45) is 0 Å². The van der Waals surface area contributed by atoms with E-state index in [9.17, 15) is 0 Å². The zero-order chi connectivity index (χ0) is 5.11. The third kappa shape index (κ3) is 2.46. The van der Waals surface area contributed by atoms with Gasteiger partial charge in [0.25, 0.3) is 0 Å². The van der Waals surface area contributed by atoms with Gasteiger partial charge in [-0.3, -0.25) is 0 Å². The molecule has 0 aromatic rings. The lowest BCUT2D eigenvalue weighted by atomic mass is 10.5. The third-order valence-corrected chi connectivity index (χ3v) is 1.22. The summed E-state index contributed by atoms with van der Waals surface area (Å²) < 4.78 is 10.7.